The summed E-state index contributed by atoms with van der Waals surface area (Å²) in [5.74, 6) is -0.276. The minimum Gasteiger partial charge on any atom is -0.365 e. The topological polar surface area (TPSA) is 85.1 Å². The number of nitrogens with two attached hydrogens (primary N) is 1. The van der Waals surface area contributed by atoms with Gasteiger partial charge in [-0.3, -0.25) is 14.6 Å². The number of amides is 2. The molecule has 0 aliphatic carbocycles. The van der Waals surface area contributed by atoms with Crippen LogP contribution < -0.4 is 11.1 Å². The van der Waals surface area contributed by atoms with Crippen molar-refractivity contribution in [3.8, 4) is 0 Å². The van der Waals surface area contributed by atoms with Gasteiger partial charge >= 0.3 is 0 Å². The fourth-order valence-electron chi connectivity index (χ4n) is 2.28. The van der Waals surface area contributed by atoms with Crippen LogP contribution in [-0.4, -0.2) is 16.8 Å². The van der Waals surface area contributed by atoms with Crippen LogP contribution in [0, 0.1) is 12.8 Å². The number of thiophene rings is 1. The molecule has 0 fully saturated rings. The number of nitrogens with one attached hydrogen (secondary N) is 1. The van der Waals surface area contributed by atoms with Crippen molar-refractivity contribution in [1.29, 1.82) is 0 Å². The van der Waals surface area contributed by atoms with Gasteiger partial charge in [-0.25, -0.2) is 0 Å². The third kappa shape index (κ3) is 3.96. The SMILES string of the molecule is CCC(C)Cc1sc(NC(=O)c2ccncc2)c(C(N)=O)c1C. The smallest absolute Gasteiger partial charge is 0.256 e. The summed E-state index contributed by atoms with van der Waals surface area (Å²) in [6, 6.07) is 3.25. The highest BCUT2D eigenvalue weighted by atomic mass is 32.1. The standard InChI is InChI=1S/C17H21N3O2S/c1-4-10(2)9-13-11(3)14(15(18)21)17(23-13)20-16(22)12-5-7-19-8-6-12/h5-8,10H,4,9H2,1-3H3,(H2,18,21)(H,20,22). The van der Waals surface area contributed by atoms with Gasteiger partial charge in [0.05, 0.1) is 5.56 Å². The lowest BCUT2D eigenvalue weighted by molar-refractivity contribution is 0.100. The molecule has 0 radical (unpaired) electrons. The minimum absolute atomic E-state index is 0.272. The number of nitrogens with zero attached hydrogens (tertiary/aromatic N) is 1. The molecule has 0 aliphatic rings. The van der Waals surface area contributed by atoms with Crippen molar-refractivity contribution >= 4 is 28.2 Å². The number of rotatable bonds is 6. The Hall–Kier alpha value is -2.21. The van der Waals surface area contributed by atoms with Crippen LogP contribution in [0.1, 0.15) is 51.4 Å². The van der Waals surface area contributed by atoms with Crippen molar-refractivity contribution in [3.63, 3.8) is 0 Å². The monoisotopic (exact) mass is 331 g/mol. The maximum absolute atomic E-state index is 12.3. The van der Waals surface area contributed by atoms with Crippen molar-refractivity contribution in [1.82, 2.24) is 4.98 Å². The van der Waals surface area contributed by atoms with Gasteiger partial charge in [0.2, 0.25) is 0 Å². The molecule has 0 bridgehead atoms. The Morgan fingerprint density at radius 2 is 2.00 bits per heavy atom. The summed E-state index contributed by atoms with van der Waals surface area (Å²) in [7, 11) is 0. The third-order valence-electron chi connectivity index (χ3n) is 3.89. The highest BCUT2D eigenvalue weighted by Crippen LogP contribution is 2.35. The highest BCUT2D eigenvalue weighted by Gasteiger charge is 2.21. The fraction of sp³-hybridized carbons (Fsp3) is 0.353. The third-order valence-corrected chi connectivity index (χ3v) is 5.12. The first-order valence-electron chi connectivity index (χ1n) is 7.57. The van der Waals surface area contributed by atoms with Crippen LogP contribution in [0.15, 0.2) is 24.5 Å². The lowest BCUT2D eigenvalue weighted by atomic mass is 10.0. The van der Waals surface area contributed by atoms with Gasteiger partial charge in [0.1, 0.15) is 5.00 Å². The van der Waals surface area contributed by atoms with E-state index in [-0.39, 0.29) is 5.91 Å². The molecule has 1 atom stereocenters. The molecule has 23 heavy (non-hydrogen) atoms. The molecule has 0 saturated carbocycles. The van der Waals surface area contributed by atoms with Gasteiger partial charge < -0.3 is 11.1 Å². The maximum atomic E-state index is 12.3. The predicted molar refractivity (Wildman–Crippen MR) is 92.9 cm³/mol. The Morgan fingerprint density at radius 3 is 2.57 bits per heavy atom. The van der Waals surface area contributed by atoms with E-state index in [0.29, 0.717) is 22.0 Å². The van der Waals surface area contributed by atoms with Gasteiger partial charge in [-0.1, -0.05) is 20.3 Å². The quantitative estimate of drug-likeness (QED) is 0.851. The minimum atomic E-state index is -0.515. The van der Waals surface area contributed by atoms with E-state index >= 15 is 0 Å². The molecule has 0 aromatic carbocycles. The number of carbonyl (C=O) groups is 2. The summed E-state index contributed by atoms with van der Waals surface area (Å²) in [6.45, 7) is 6.18. The Kier molecular flexibility index (Phi) is 5.50. The van der Waals surface area contributed by atoms with Gasteiger partial charge in [0, 0.05) is 22.8 Å². The molecule has 0 saturated heterocycles. The molecule has 3 N–H and O–H groups in total. The van der Waals surface area contributed by atoms with Crippen LogP contribution in [-0.2, 0) is 6.42 Å². The molecule has 6 heteroatoms. The Bertz CT molecular complexity index is 710. The number of primary amides is 1. The molecular formula is C17H21N3O2S. The van der Waals surface area contributed by atoms with Gasteiger partial charge in [0.25, 0.3) is 11.8 Å². The van der Waals surface area contributed by atoms with E-state index in [0.717, 1.165) is 23.3 Å². The number of hydrogen-bond acceptors (Lipinski definition) is 4. The van der Waals surface area contributed by atoms with E-state index in [4.69, 9.17) is 5.73 Å². The van der Waals surface area contributed by atoms with Crippen molar-refractivity contribution < 1.29 is 9.59 Å². The lowest BCUT2D eigenvalue weighted by Gasteiger charge is -2.06. The molecule has 2 amide bonds. The Labute approximate surface area is 139 Å². The zero-order chi connectivity index (χ0) is 17.0. The molecule has 2 heterocycles. The first-order chi connectivity index (χ1) is 10.9. The first-order valence-corrected chi connectivity index (χ1v) is 8.39. The average Bonchev–Trinajstić information content (AvgIpc) is 2.83. The molecule has 0 aliphatic heterocycles. The van der Waals surface area contributed by atoms with Crippen LogP contribution in [0.5, 0.6) is 0 Å². The van der Waals surface area contributed by atoms with Crippen LogP contribution >= 0.6 is 11.3 Å². The second-order valence-corrected chi connectivity index (χ2v) is 6.73. The zero-order valence-corrected chi connectivity index (χ0v) is 14.4. The van der Waals surface area contributed by atoms with E-state index in [9.17, 15) is 9.59 Å². The molecular weight excluding hydrogens is 310 g/mol. The van der Waals surface area contributed by atoms with Crippen LogP contribution in [0.2, 0.25) is 0 Å². The second-order valence-electron chi connectivity index (χ2n) is 5.63. The van der Waals surface area contributed by atoms with E-state index in [2.05, 4.69) is 24.1 Å². The molecule has 2 aromatic rings. The van der Waals surface area contributed by atoms with Crippen molar-refractivity contribution in [2.24, 2.45) is 11.7 Å². The van der Waals surface area contributed by atoms with Gasteiger partial charge in [-0.05, 0) is 37.0 Å². The van der Waals surface area contributed by atoms with E-state index in [1.807, 2.05) is 6.92 Å². The predicted octanol–water partition coefficient (Wildman–Crippen LogP) is 3.39. The molecule has 0 spiro atoms. The van der Waals surface area contributed by atoms with E-state index in [1.54, 1.807) is 24.5 Å². The highest BCUT2D eigenvalue weighted by molar-refractivity contribution is 7.17. The first kappa shape index (κ1) is 17.1. The summed E-state index contributed by atoms with van der Waals surface area (Å²) < 4.78 is 0. The summed E-state index contributed by atoms with van der Waals surface area (Å²) in [4.78, 5) is 29.1. The van der Waals surface area contributed by atoms with Gasteiger partial charge in [0.15, 0.2) is 0 Å². The summed E-state index contributed by atoms with van der Waals surface area (Å²) in [6.07, 6.45) is 5.04. The molecule has 2 aromatic heterocycles. The normalized spacial score (nSPS) is 12.0. The van der Waals surface area contributed by atoms with Crippen LogP contribution in [0.3, 0.4) is 0 Å². The summed E-state index contributed by atoms with van der Waals surface area (Å²) >= 11 is 1.43. The van der Waals surface area contributed by atoms with Gasteiger partial charge in [-0.2, -0.15) is 0 Å². The summed E-state index contributed by atoms with van der Waals surface area (Å²) in [5, 5.41) is 3.33. The average molecular weight is 331 g/mol. The van der Waals surface area contributed by atoms with Crippen LogP contribution in [0.25, 0.3) is 0 Å². The van der Waals surface area contributed by atoms with Crippen LogP contribution in [0.4, 0.5) is 5.00 Å². The number of pyridine rings is 1. The largest absolute Gasteiger partial charge is 0.365 e. The second kappa shape index (κ2) is 7.37. The Balaban J connectivity index is 2.32. The molecule has 5 nitrogen and oxygen atoms in total. The lowest BCUT2D eigenvalue weighted by Crippen LogP contribution is -2.17. The number of carbonyl (C=O) groups excluding carboxylic acids is 2. The van der Waals surface area contributed by atoms with E-state index < -0.39 is 5.91 Å². The van der Waals surface area contributed by atoms with Crippen molar-refractivity contribution in [2.45, 2.75) is 33.6 Å². The van der Waals surface area contributed by atoms with Crippen molar-refractivity contribution in [2.75, 3.05) is 5.32 Å². The summed E-state index contributed by atoms with van der Waals surface area (Å²) in [5.41, 5.74) is 7.28. The van der Waals surface area contributed by atoms with Gasteiger partial charge in [-0.15, -0.1) is 11.3 Å². The zero-order valence-electron chi connectivity index (χ0n) is 13.6. The molecule has 122 valence electrons. The molecule has 1 unspecified atom stereocenters. The Morgan fingerprint density at radius 1 is 1.35 bits per heavy atom. The number of anilines is 1. The number of hydrogen-bond donors (Lipinski definition) is 2. The van der Waals surface area contributed by atoms with E-state index in [1.165, 1.54) is 11.3 Å². The van der Waals surface area contributed by atoms with Crippen molar-refractivity contribution in [3.05, 3.63) is 46.1 Å². The fourth-order valence-corrected chi connectivity index (χ4v) is 3.65. The number of aromatic nitrogens is 1. The molecule has 2 rings (SSSR count). The maximum Gasteiger partial charge on any atom is 0.256 e.